The Labute approximate surface area is 58.8 Å². The highest BCUT2D eigenvalue weighted by molar-refractivity contribution is 5.81. The van der Waals surface area contributed by atoms with Crippen LogP contribution < -0.4 is 5.73 Å². The SMILES string of the molecule is CC(=O)[C@@H](N)c1ccco1. The number of carbonyl (C=O) groups is 1. The molecule has 0 spiro atoms. The van der Waals surface area contributed by atoms with E-state index in [9.17, 15) is 4.79 Å². The maximum atomic E-state index is 10.7. The number of carbonyl (C=O) groups excluding carboxylic acids is 1. The molecule has 54 valence electrons. The molecule has 3 nitrogen and oxygen atoms in total. The fourth-order valence-corrected chi connectivity index (χ4v) is 0.669. The van der Waals surface area contributed by atoms with Gasteiger partial charge in [-0.15, -0.1) is 0 Å². The smallest absolute Gasteiger partial charge is 0.154 e. The molecule has 10 heavy (non-hydrogen) atoms. The highest BCUT2D eigenvalue weighted by Crippen LogP contribution is 2.10. The number of rotatable bonds is 2. The minimum absolute atomic E-state index is 0.0880. The second kappa shape index (κ2) is 2.66. The molecule has 3 heteroatoms. The van der Waals surface area contributed by atoms with E-state index in [1.807, 2.05) is 0 Å². The second-order valence-corrected chi connectivity index (χ2v) is 2.10. The summed E-state index contributed by atoms with van der Waals surface area (Å²) in [4.78, 5) is 10.7. The minimum Gasteiger partial charge on any atom is -0.467 e. The minimum atomic E-state index is -0.602. The van der Waals surface area contributed by atoms with Gasteiger partial charge in [0.05, 0.1) is 6.26 Å². The van der Waals surface area contributed by atoms with Crippen molar-refractivity contribution in [1.82, 2.24) is 0 Å². The van der Waals surface area contributed by atoms with E-state index in [-0.39, 0.29) is 5.78 Å². The van der Waals surface area contributed by atoms with E-state index < -0.39 is 6.04 Å². The van der Waals surface area contributed by atoms with E-state index in [4.69, 9.17) is 10.2 Å². The van der Waals surface area contributed by atoms with Gasteiger partial charge in [-0.05, 0) is 19.1 Å². The molecule has 0 aliphatic heterocycles. The first-order chi connectivity index (χ1) is 4.72. The van der Waals surface area contributed by atoms with Crippen molar-refractivity contribution in [2.24, 2.45) is 5.73 Å². The van der Waals surface area contributed by atoms with Crippen molar-refractivity contribution in [2.45, 2.75) is 13.0 Å². The second-order valence-electron chi connectivity index (χ2n) is 2.10. The zero-order valence-electron chi connectivity index (χ0n) is 5.70. The zero-order chi connectivity index (χ0) is 7.56. The number of ketones is 1. The monoisotopic (exact) mass is 139 g/mol. The fraction of sp³-hybridized carbons (Fsp3) is 0.286. The van der Waals surface area contributed by atoms with Crippen molar-refractivity contribution in [3.05, 3.63) is 24.2 Å². The molecule has 0 saturated carbocycles. The Hall–Kier alpha value is -1.09. The Bertz CT molecular complexity index is 216. The first kappa shape index (κ1) is 7.02. The third-order valence-corrected chi connectivity index (χ3v) is 1.29. The van der Waals surface area contributed by atoms with Crippen LogP contribution in [0.5, 0.6) is 0 Å². The number of furan rings is 1. The van der Waals surface area contributed by atoms with E-state index >= 15 is 0 Å². The van der Waals surface area contributed by atoms with Crippen LogP contribution >= 0.6 is 0 Å². The Morgan fingerprint density at radius 3 is 2.90 bits per heavy atom. The highest BCUT2D eigenvalue weighted by atomic mass is 16.3. The lowest BCUT2D eigenvalue weighted by Crippen LogP contribution is -2.17. The molecular weight excluding hydrogens is 130 g/mol. The molecule has 1 aromatic rings. The van der Waals surface area contributed by atoms with Crippen LogP contribution in [0.1, 0.15) is 18.7 Å². The molecule has 1 atom stereocenters. The molecule has 0 unspecified atom stereocenters. The van der Waals surface area contributed by atoms with Crippen LogP contribution in [-0.4, -0.2) is 5.78 Å². The number of nitrogens with two attached hydrogens (primary N) is 1. The van der Waals surface area contributed by atoms with Crippen molar-refractivity contribution in [2.75, 3.05) is 0 Å². The lowest BCUT2D eigenvalue weighted by molar-refractivity contribution is -0.118. The predicted octanol–water partition coefficient (Wildman–Crippen LogP) is 0.868. The van der Waals surface area contributed by atoms with Gasteiger partial charge in [0.1, 0.15) is 11.8 Å². The Balaban J connectivity index is 2.77. The van der Waals surface area contributed by atoms with Crippen LogP contribution in [0.25, 0.3) is 0 Å². The van der Waals surface area contributed by atoms with Gasteiger partial charge < -0.3 is 10.2 Å². The molecule has 1 rings (SSSR count). The molecule has 0 fully saturated rings. The van der Waals surface area contributed by atoms with Crippen LogP contribution in [-0.2, 0) is 4.79 Å². The Morgan fingerprint density at radius 2 is 2.50 bits per heavy atom. The van der Waals surface area contributed by atoms with E-state index in [2.05, 4.69) is 0 Å². The molecule has 0 bridgehead atoms. The Morgan fingerprint density at radius 1 is 1.80 bits per heavy atom. The summed E-state index contributed by atoms with van der Waals surface area (Å²) in [5.41, 5.74) is 5.44. The lowest BCUT2D eigenvalue weighted by atomic mass is 10.2. The summed E-state index contributed by atoms with van der Waals surface area (Å²) >= 11 is 0. The first-order valence-electron chi connectivity index (χ1n) is 3.01. The van der Waals surface area contributed by atoms with Crippen LogP contribution in [0.3, 0.4) is 0 Å². The number of hydrogen-bond acceptors (Lipinski definition) is 3. The van der Waals surface area contributed by atoms with Gasteiger partial charge in [0, 0.05) is 0 Å². The normalized spacial score (nSPS) is 13.0. The third-order valence-electron chi connectivity index (χ3n) is 1.29. The van der Waals surface area contributed by atoms with Crippen LogP contribution in [0.2, 0.25) is 0 Å². The van der Waals surface area contributed by atoms with E-state index in [0.29, 0.717) is 5.76 Å². The summed E-state index contributed by atoms with van der Waals surface area (Å²) in [7, 11) is 0. The van der Waals surface area contributed by atoms with E-state index in [0.717, 1.165) is 0 Å². The summed E-state index contributed by atoms with van der Waals surface area (Å²) in [5, 5.41) is 0. The Kier molecular flexibility index (Phi) is 1.87. The summed E-state index contributed by atoms with van der Waals surface area (Å²) in [5.74, 6) is 0.433. The molecule has 1 aromatic heterocycles. The van der Waals surface area contributed by atoms with Gasteiger partial charge >= 0.3 is 0 Å². The molecule has 0 radical (unpaired) electrons. The predicted molar refractivity (Wildman–Crippen MR) is 36.3 cm³/mol. The van der Waals surface area contributed by atoms with Crippen molar-refractivity contribution in [3.63, 3.8) is 0 Å². The molecule has 2 N–H and O–H groups in total. The summed E-state index contributed by atoms with van der Waals surface area (Å²) < 4.78 is 4.91. The molecule has 0 aliphatic rings. The number of hydrogen-bond donors (Lipinski definition) is 1. The third kappa shape index (κ3) is 1.25. The van der Waals surface area contributed by atoms with Crippen LogP contribution in [0, 0.1) is 0 Å². The van der Waals surface area contributed by atoms with Crippen molar-refractivity contribution < 1.29 is 9.21 Å². The molecule has 0 aromatic carbocycles. The fourth-order valence-electron chi connectivity index (χ4n) is 0.669. The summed E-state index contributed by atoms with van der Waals surface area (Å²) in [6.07, 6.45) is 1.50. The molecule has 1 heterocycles. The number of Topliss-reactive ketones (excluding diaryl/α,β-unsaturated/α-hetero) is 1. The van der Waals surface area contributed by atoms with Gasteiger partial charge in [-0.2, -0.15) is 0 Å². The topological polar surface area (TPSA) is 56.2 Å². The van der Waals surface area contributed by atoms with Gasteiger partial charge in [-0.1, -0.05) is 0 Å². The van der Waals surface area contributed by atoms with Gasteiger partial charge in [0.2, 0.25) is 0 Å². The van der Waals surface area contributed by atoms with Gasteiger partial charge in [-0.3, -0.25) is 4.79 Å². The van der Waals surface area contributed by atoms with Crippen molar-refractivity contribution in [3.8, 4) is 0 Å². The first-order valence-corrected chi connectivity index (χ1v) is 3.01. The molecule has 0 amide bonds. The van der Waals surface area contributed by atoms with Gasteiger partial charge in [-0.25, -0.2) is 0 Å². The van der Waals surface area contributed by atoms with Crippen LogP contribution in [0.4, 0.5) is 0 Å². The van der Waals surface area contributed by atoms with Gasteiger partial charge in [0.15, 0.2) is 5.78 Å². The standard InChI is InChI=1S/C7H9NO2/c1-5(9)7(8)6-3-2-4-10-6/h2-4,7H,8H2,1H3/t7-/m1/s1. The summed E-state index contributed by atoms with van der Waals surface area (Å²) in [6, 6.07) is 2.79. The van der Waals surface area contributed by atoms with Crippen LogP contribution in [0.15, 0.2) is 22.8 Å². The maximum Gasteiger partial charge on any atom is 0.154 e. The lowest BCUT2D eigenvalue weighted by Gasteiger charge is -2.01. The van der Waals surface area contributed by atoms with Crippen molar-refractivity contribution >= 4 is 5.78 Å². The average molecular weight is 139 g/mol. The van der Waals surface area contributed by atoms with Crippen molar-refractivity contribution in [1.29, 1.82) is 0 Å². The zero-order valence-corrected chi connectivity index (χ0v) is 5.70. The van der Waals surface area contributed by atoms with E-state index in [1.165, 1.54) is 13.2 Å². The van der Waals surface area contributed by atoms with Gasteiger partial charge in [0.25, 0.3) is 0 Å². The quantitative estimate of drug-likeness (QED) is 0.661. The largest absolute Gasteiger partial charge is 0.467 e. The maximum absolute atomic E-state index is 10.7. The molecule has 0 saturated heterocycles. The van der Waals surface area contributed by atoms with E-state index in [1.54, 1.807) is 12.1 Å². The summed E-state index contributed by atoms with van der Waals surface area (Å²) in [6.45, 7) is 1.44. The molecule has 0 aliphatic carbocycles. The molecular formula is C7H9NO2. The highest BCUT2D eigenvalue weighted by Gasteiger charge is 2.12. The average Bonchev–Trinajstić information content (AvgIpc) is 2.36.